The Labute approximate surface area is 218 Å². The Bertz CT molecular complexity index is 1560. The molecule has 0 saturated carbocycles. The van der Waals surface area contributed by atoms with Gasteiger partial charge in [-0.2, -0.15) is 0 Å². The van der Waals surface area contributed by atoms with Crippen molar-refractivity contribution in [2.75, 3.05) is 5.32 Å². The monoisotopic (exact) mass is 516 g/mol. The number of anilines is 1. The molecule has 0 radical (unpaired) electrons. The molecule has 1 N–H and O–H groups in total. The highest BCUT2D eigenvalue weighted by Gasteiger charge is 2.11. The molecule has 0 saturated heterocycles. The number of furan rings is 1. The van der Waals surface area contributed by atoms with Crippen molar-refractivity contribution in [1.82, 2.24) is 4.98 Å². The molecule has 180 valence electrons. The average Bonchev–Trinajstić information content (AvgIpc) is 3.49. The molecule has 0 unspecified atom stereocenters. The first-order chi connectivity index (χ1) is 17.3. The van der Waals surface area contributed by atoms with E-state index in [-0.39, 0.29) is 5.91 Å². The second kappa shape index (κ2) is 10.1. The maximum atomic E-state index is 12.5. The van der Waals surface area contributed by atoms with E-state index >= 15 is 0 Å². The summed E-state index contributed by atoms with van der Waals surface area (Å²) in [5, 5.41) is 3.88. The van der Waals surface area contributed by atoms with E-state index in [1.807, 2.05) is 12.1 Å². The quantitative estimate of drug-likeness (QED) is 0.229. The van der Waals surface area contributed by atoms with Crippen LogP contribution in [0.1, 0.15) is 31.1 Å². The summed E-state index contributed by atoms with van der Waals surface area (Å²) in [6.07, 6.45) is 3.00. The van der Waals surface area contributed by atoms with Crippen LogP contribution in [0, 0.1) is 0 Å². The molecule has 0 aliphatic heterocycles. The third-order valence-corrected chi connectivity index (χ3v) is 6.09. The molecule has 2 aromatic heterocycles. The van der Waals surface area contributed by atoms with Gasteiger partial charge in [0.25, 0.3) is 0 Å². The first-order valence-corrected chi connectivity index (χ1v) is 12.2. The van der Waals surface area contributed by atoms with Crippen LogP contribution in [0.4, 0.5) is 5.69 Å². The Hall–Kier alpha value is -3.80. The Morgan fingerprint density at radius 2 is 1.64 bits per heavy atom. The lowest BCUT2D eigenvalue weighted by molar-refractivity contribution is -0.111. The molecule has 0 aliphatic rings. The summed E-state index contributed by atoms with van der Waals surface area (Å²) in [5.74, 6) is 1.83. The van der Waals surface area contributed by atoms with Gasteiger partial charge in [0.05, 0.1) is 0 Å². The zero-order valence-corrected chi connectivity index (χ0v) is 21.1. The molecule has 0 aliphatic carbocycles. The number of benzene rings is 3. The highest BCUT2D eigenvalue weighted by Crippen LogP contribution is 2.30. The van der Waals surface area contributed by atoms with Crippen LogP contribution >= 0.6 is 23.2 Å². The van der Waals surface area contributed by atoms with Gasteiger partial charge in [0.15, 0.2) is 5.58 Å². The van der Waals surface area contributed by atoms with Gasteiger partial charge in [0, 0.05) is 32.9 Å². The summed E-state index contributed by atoms with van der Waals surface area (Å²) in [6.45, 7) is 4.31. The average molecular weight is 517 g/mol. The van der Waals surface area contributed by atoms with E-state index in [1.54, 1.807) is 54.6 Å². The van der Waals surface area contributed by atoms with Crippen molar-refractivity contribution in [1.29, 1.82) is 0 Å². The molecule has 0 spiro atoms. The topological polar surface area (TPSA) is 68.3 Å². The summed E-state index contributed by atoms with van der Waals surface area (Å²) in [5.41, 5.74) is 4.84. The third kappa shape index (κ3) is 5.38. The van der Waals surface area contributed by atoms with Crippen molar-refractivity contribution in [2.45, 2.75) is 19.8 Å². The highest BCUT2D eigenvalue weighted by molar-refractivity contribution is 6.35. The highest BCUT2D eigenvalue weighted by atomic mass is 35.5. The second-order valence-corrected chi connectivity index (χ2v) is 9.53. The predicted octanol–water partition coefficient (Wildman–Crippen LogP) is 8.84. The minimum Gasteiger partial charge on any atom is -0.457 e. The van der Waals surface area contributed by atoms with Gasteiger partial charge in [-0.3, -0.25) is 4.79 Å². The summed E-state index contributed by atoms with van der Waals surface area (Å²) < 4.78 is 11.7. The van der Waals surface area contributed by atoms with Gasteiger partial charge in [-0.25, -0.2) is 4.98 Å². The fraction of sp³-hybridized carbons (Fsp3) is 0.103. The molecule has 0 fully saturated rings. The number of halogens is 2. The number of aromatic nitrogens is 1. The van der Waals surface area contributed by atoms with Crippen LogP contribution in [0.5, 0.6) is 0 Å². The van der Waals surface area contributed by atoms with Crippen LogP contribution in [0.2, 0.25) is 10.0 Å². The normalized spacial score (nSPS) is 11.6. The van der Waals surface area contributed by atoms with Gasteiger partial charge in [-0.15, -0.1) is 0 Å². The molecular formula is C29H22Cl2N2O3. The van der Waals surface area contributed by atoms with Gasteiger partial charge in [0.1, 0.15) is 17.0 Å². The predicted molar refractivity (Wildman–Crippen MR) is 145 cm³/mol. The van der Waals surface area contributed by atoms with E-state index in [4.69, 9.17) is 32.0 Å². The summed E-state index contributed by atoms with van der Waals surface area (Å²) in [6, 6.07) is 22.3. The van der Waals surface area contributed by atoms with Crippen LogP contribution in [0.25, 0.3) is 40.0 Å². The minimum absolute atomic E-state index is 0.300. The molecule has 3 aromatic carbocycles. The van der Waals surface area contributed by atoms with Gasteiger partial charge in [-0.05, 0) is 78.2 Å². The van der Waals surface area contributed by atoms with Crippen LogP contribution in [0.15, 0.2) is 87.7 Å². The number of carbonyl (C=O) groups excluding carboxylic acids is 1. The fourth-order valence-corrected chi connectivity index (χ4v) is 4.30. The maximum Gasteiger partial charge on any atom is 0.248 e. The van der Waals surface area contributed by atoms with E-state index in [0.29, 0.717) is 50.2 Å². The zero-order chi connectivity index (χ0) is 25.2. The van der Waals surface area contributed by atoms with Crippen LogP contribution in [-0.2, 0) is 4.79 Å². The maximum absolute atomic E-state index is 12.5. The number of rotatable bonds is 6. The van der Waals surface area contributed by atoms with E-state index in [9.17, 15) is 4.79 Å². The van der Waals surface area contributed by atoms with Crippen LogP contribution in [0.3, 0.4) is 0 Å². The second-order valence-electron chi connectivity index (χ2n) is 8.66. The molecule has 2 heterocycles. The Morgan fingerprint density at radius 1 is 0.889 bits per heavy atom. The van der Waals surface area contributed by atoms with E-state index < -0.39 is 0 Å². The molecule has 1 amide bonds. The van der Waals surface area contributed by atoms with Crippen LogP contribution in [-0.4, -0.2) is 10.9 Å². The first kappa shape index (κ1) is 23.9. The lowest BCUT2D eigenvalue weighted by Crippen LogP contribution is -2.07. The molecular weight excluding hydrogens is 495 g/mol. The van der Waals surface area contributed by atoms with Crippen molar-refractivity contribution < 1.29 is 13.6 Å². The molecule has 7 heteroatoms. The molecule has 36 heavy (non-hydrogen) atoms. The Morgan fingerprint density at radius 3 is 2.36 bits per heavy atom. The number of fused-ring (bicyclic) bond motifs is 1. The van der Waals surface area contributed by atoms with E-state index in [1.165, 1.54) is 11.6 Å². The SMILES string of the molecule is CC(C)c1ccc(-c2nc3cc(NC(=O)/C=C/c4ccc(-c5cc(Cl)cc(Cl)c5)o4)ccc3o2)cc1. The number of hydrogen-bond donors (Lipinski definition) is 1. The Kier molecular flexibility index (Phi) is 6.68. The van der Waals surface area contributed by atoms with Crippen molar-refractivity contribution in [3.63, 3.8) is 0 Å². The van der Waals surface area contributed by atoms with Gasteiger partial charge in [-0.1, -0.05) is 49.2 Å². The number of hydrogen-bond acceptors (Lipinski definition) is 4. The van der Waals surface area contributed by atoms with Crippen molar-refractivity contribution in [3.05, 3.63) is 100 Å². The standard InChI is InChI=1S/C29H22Cl2N2O3/c1-17(2)18-3-5-19(6-4-18)29-33-25-16-23(7-10-27(25)36-29)32-28(34)12-9-24-8-11-26(35-24)20-13-21(30)15-22(31)14-20/h3-17H,1-2H3,(H,32,34)/b12-9+. The number of nitrogens with zero attached hydrogens (tertiary/aromatic N) is 1. The molecule has 0 atom stereocenters. The smallest absolute Gasteiger partial charge is 0.248 e. The van der Waals surface area contributed by atoms with E-state index in [2.05, 4.69) is 36.3 Å². The summed E-state index contributed by atoms with van der Waals surface area (Å²) in [7, 11) is 0. The molecule has 5 rings (SSSR count). The van der Waals surface area contributed by atoms with Gasteiger partial charge >= 0.3 is 0 Å². The van der Waals surface area contributed by atoms with Crippen LogP contribution < -0.4 is 5.32 Å². The summed E-state index contributed by atoms with van der Waals surface area (Å²) in [4.78, 5) is 17.1. The van der Waals surface area contributed by atoms with Crippen molar-refractivity contribution >= 4 is 52.0 Å². The molecule has 5 aromatic rings. The minimum atomic E-state index is -0.300. The number of nitrogens with one attached hydrogen (secondary N) is 1. The Balaban J connectivity index is 1.27. The fourth-order valence-electron chi connectivity index (χ4n) is 3.77. The largest absolute Gasteiger partial charge is 0.457 e. The lowest BCUT2D eigenvalue weighted by Gasteiger charge is -2.04. The number of carbonyl (C=O) groups is 1. The zero-order valence-electron chi connectivity index (χ0n) is 19.6. The molecule has 5 nitrogen and oxygen atoms in total. The third-order valence-electron chi connectivity index (χ3n) is 5.65. The van der Waals surface area contributed by atoms with Crippen molar-refractivity contribution in [3.8, 4) is 22.8 Å². The van der Waals surface area contributed by atoms with Gasteiger partial charge < -0.3 is 14.2 Å². The number of amides is 1. The van der Waals surface area contributed by atoms with Gasteiger partial charge in [0.2, 0.25) is 11.8 Å². The summed E-state index contributed by atoms with van der Waals surface area (Å²) >= 11 is 12.1. The van der Waals surface area contributed by atoms with E-state index in [0.717, 1.165) is 11.1 Å². The van der Waals surface area contributed by atoms with Crippen molar-refractivity contribution in [2.24, 2.45) is 0 Å². The lowest BCUT2D eigenvalue weighted by atomic mass is 10.0. The number of oxazole rings is 1. The first-order valence-electron chi connectivity index (χ1n) is 11.4. The molecule has 0 bridgehead atoms.